The minimum Gasteiger partial charge on any atom is -0.423 e. The minimum absolute atomic E-state index is 0.164. The van der Waals surface area contributed by atoms with Gasteiger partial charge in [-0.25, -0.2) is 19.2 Å². The molecule has 2 aromatic heterocycles. The zero-order chi connectivity index (χ0) is 25.8. The largest absolute Gasteiger partial charge is 0.423 e. The maximum absolute atomic E-state index is 14.9. The van der Waals surface area contributed by atoms with Crippen LogP contribution in [0.15, 0.2) is 28.8 Å². The topological polar surface area (TPSA) is 121 Å². The van der Waals surface area contributed by atoms with Crippen LogP contribution < -0.4 is 5.32 Å². The Hall–Kier alpha value is -4.08. The summed E-state index contributed by atoms with van der Waals surface area (Å²) in [6.45, 7) is 3.67. The minimum atomic E-state index is -4.94. The van der Waals surface area contributed by atoms with E-state index >= 15 is 0 Å². The van der Waals surface area contributed by atoms with E-state index in [2.05, 4.69) is 25.5 Å². The molecule has 3 aromatic rings. The number of carbonyl (C=O) groups excluding carboxylic acids is 1. The van der Waals surface area contributed by atoms with E-state index < -0.39 is 46.2 Å². The Balaban J connectivity index is 1.52. The molecule has 0 spiro atoms. The molecule has 2 fully saturated rings. The molecule has 1 N–H and O–H groups in total. The van der Waals surface area contributed by atoms with Crippen LogP contribution in [-0.4, -0.2) is 37.1 Å². The number of likely N-dealkylation sites (tertiary alicyclic amines) is 1. The molecule has 1 aliphatic carbocycles. The van der Waals surface area contributed by atoms with Gasteiger partial charge < -0.3 is 14.6 Å². The van der Waals surface area contributed by atoms with Crippen molar-refractivity contribution >= 4 is 11.7 Å². The number of fused-ring (bicyclic) bond motifs is 2. The molecule has 3 atom stereocenters. The van der Waals surface area contributed by atoms with E-state index in [0.717, 1.165) is 12.3 Å². The number of rotatable bonds is 3. The summed E-state index contributed by atoms with van der Waals surface area (Å²) < 4.78 is 61.6. The molecule has 2 aliphatic rings. The molecule has 9 nitrogen and oxygen atoms in total. The number of anilines is 1. The van der Waals surface area contributed by atoms with E-state index in [1.165, 1.54) is 11.0 Å². The second-order valence-electron chi connectivity index (χ2n) is 9.11. The Bertz CT molecular complexity index is 1400. The summed E-state index contributed by atoms with van der Waals surface area (Å²) in [5, 5.41) is 19.4. The highest BCUT2D eigenvalue weighted by Crippen LogP contribution is 2.55. The van der Waals surface area contributed by atoms with Crippen LogP contribution in [0.3, 0.4) is 0 Å². The second kappa shape index (κ2) is 8.25. The number of aryl methyl sites for hydroxylation is 1. The fourth-order valence-corrected chi connectivity index (χ4v) is 5.25. The number of halogens is 4. The number of nitrogens with zero attached hydrogens (tertiary/aromatic N) is 6. The first kappa shape index (κ1) is 23.7. The summed E-state index contributed by atoms with van der Waals surface area (Å²) in [6, 6.07) is 3.19. The molecule has 2 bridgehead atoms. The number of hydrogen-bond donors (Lipinski definition) is 1. The first-order valence-electron chi connectivity index (χ1n) is 11.1. The predicted molar refractivity (Wildman–Crippen MR) is 116 cm³/mol. The van der Waals surface area contributed by atoms with Crippen molar-refractivity contribution < 1.29 is 26.8 Å². The molecule has 0 radical (unpaired) electrons. The van der Waals surface area contributed by atoms with Crippen molar-refractivity contribution in [2.75, 3.05) is 5.32 Å². The SMILES string of the molecule is Cc1nnc([C@@]23C[C@H](C)C[C@@H](C2)N3C(=O)Nc2cc(-c3nccc(C#N)n3)c(C(F)(F)F)cc2F)o1. The Morgan fingerprint density at radius 1 is 1.31 bits per heavy atom. The number of amides is 2. The lowest BCUT2D eigenvalue weighted by Crippen LogP contribution is -2.70. The third kappa shape index (κ3) is 3.82. The molecule has 1 aromatic carbocycles. The van der Waals surface area contributed by atoms with Crippen LogP contribution in [0, 0.1) is 30.0 Å². The van der Waals surface area contributed by atoms with Gasteiger partial charge in [-0.05, 0) is 37.0 Å². The van der Waals surface area contributed by atoms with Crippen LogP contribution in [0.4, 0.5) is 28.0 Å². The molecule has 1 saturated heterocycles. The van der Waals surface area contributed by atoms with Crippen molar-refractivity contribution in [2.45, 2.75) is 50.9 Å². The summed E-state index contributed by atoms with van der Waals surface area (Å²) in [7, 11) is 0. The van der Waals surface area contributed by atoms with E-state index in [-0.39, 0.29) is 29.6 Å². The predicted octanol–water partition coefficient (Wildman–Crippen LogP) is 4.80. The van der Waals surface area contributed by atoms with Gasteiger partial charge in [0.1, 0.15) is 23.1 Å². The Morgan fingerprint density at radius 3 is 2.75 bits per heavy atom. The molecule has 2 amide bonds. The number of piperidine rings is 1. The summed E-state index contributed by atoms with van der Waals surface area (Å²) >= 11 is 0. The Labute approximate surface area is 202 Å². The molecule has 3 heterocycles. The van der Waals surface area contributed by atoms with Crippen molar-refractivity contribution in [1.82, 2.24) is 25.1 Å². The smallest absolute Gasteiger partial charge is 0.417 e. The summed E-state index contributed by atoms with van der Waals surface area (Å²) in [4.78, 5) is 22.5. The third-order valence-electron chi connectivity index (χ3n) is 6.57. The number of alkyl halides is 3. The number of nitrogens with one attached hydrogen (secondary N) is 1. The Morgan fingerprint density at radius 2 is 2.08 bits per heavy atom. The standard InChI is InChI=1S/C23H19F4N7O2/c1-11-5-14-9-22(8-11,20-33-32-12(2)36-20)34(14)21(35)31-18-6-15(16(7-17(18)24)23(25,26)27)19-29-4-3-13(10-28)30-19/h3-4,6-7,11,14H,5,8-9H2,1-2H3,(H,31,35)/t11-,14+,22-/m1/s1. The maximum atomic E-state index is 14.9. The number of nitriles is 1. The monoisotopic (exact) mass is 501 g/mol. The summed E-state index contributed by atoms with van der Waals surface area (Å²) in [6.07, 6.45) is -1.97. The van der Waals surface area contributed by atoms with Gasteiger partial charge in [0.15, 0.2) is 5.82 Å². The highest BCUT2D eigenvalue weighted by Gasteiger charge is 2.62. The summed E-state index contributed by atoms with van der Waals surface area (Å²) in [5.41, 5.74) is -3.42. The Kier molecular flexibility index (Phi) is 5.42. The van der Waals surface area contributed by atoms with Crippen molar-refractivity contribution in [1.29, 1.82) is 5.26 Å². The van der Waals surface area contributed by atoms with Gasteiger partial charge in [-0.2, -0.15) is 18.4 Å². The quantitative estimate of drug-likeness (QED) is 0.512. The zero-order valence-electron chi connectivity index (χ0n) is 19.1. The van der Waals surface area contributed by atoms with Crippen LogP contribution in [0.25, 0.3) is 11.4 Å². The maximum Gasteiger partial charge on any atom is 0.417 e. The van der Waals surface area contributed by atoms with Crippen molar-refractivity contribution in [3.05, 3.63) is 53.3 Å². The highest BCUT2D eigenvalue weighted by atomic mass is 19.4. The molecular weight excluding hydrogens is 482 g/mol. The molecule has 186 valence electrons. The van der Waals surface area contributed by atoms with Crippen LogP contribution in [-0.2, 0) is 11.7 Å². The van der Waals surface area contributed by atoms with Gasteiger partial charge in [-0.3, -0.25) is 0 Å². The highest BCUT2D eigenvalue weighted by molar-refractivity contribution is 5.92. The number of urea groups is 1. The van der Waals surface area contributed by atoms with Crippen LogP contribution in [0.5, 0.6) is 0 Å². The molecule has 5 rings (SSSR count). The van der Waals surface area contributed by atoms with Gasteiger partial charge in [-0.1, -0.05) is 6.92 Å². The van der Waals surface area contributed by atoms with E-state index in [1.54, 1.807) is 13.0 Å². The normalized spacial score (nSPS) is 23.1. The molecule has 1 saturated carbocycles. The third-order valence-corrected chi connectivity index (χ3v) is 6.57. The van der Waals surface area contributed by atoms with Crippen LogP contribution in [0.1, 0.15) is 49.2 Å². The summed E-state index contributed by atoms with van der Waals surface area (Å²) in [5.74, 6) is -0.839. The van der Waals surface area contributed by atoms with Gasteiger partial charge in [-0.15, -0.1) is 10.2 Å². The van der Waals surface area contributed by atoms with Gasteiger partial charge in [0.2, 0.25) is 11.8 Å². The number of aromatic nitrogens is 4. The average Bonchev–Trinajstić information content (AvgIpc) is 3.25. The van der Waals surface area contributed by atoms with Crippen LogP contribution >= 0.6 is 0 Å². The lowest BCUT2D eigenvalue weighted by molar-refractivity contribution is -0.137. The average molecular weight is 501 g/mol. The number of carbonyl (C=O) groups is 1. The molecule has 1 aliphatic heterocycles. The van der Waals surface area contributed by atoms with E-state index in [0.29, 0.717) is 25.2 Å². The van der Waals surface area contributed by atoms with Gasteiger partial charge >= 0.3 is 12.2 Å². The second-order valence-corrected chi connectivity index (χ2v) is 9.11. The van der Waals surface area contributed by atoms with Crippen molar-refractivity contribution in [3.8, 4) is 17.5 Å². The number of benzene rings is 1. The molecule has 0 unspecified atom stereocenters. The number of hydrogen-bond acceptors (Lipinski definition) is 7. The van der Waals surface area contributed by atoms with E-state index in [1.807, 2.05) is 6.92 Å². The molecule has 13 heteroatoms. The fourth-order valence-electron chi connectivity index (χ4n) is 5.25. The lowest BCUT2D eigenvalue weighted by atomic mass is 9.64. The van der Waals surface area contributed by atoms with Gasteiger partial charge in [0, 0.05) is 31.1 Å². The van der Waals surface area contributed by atoms with Gasteiger partial charge in [0.05, 0.1) is 11.3 Å². The van der Waals surface area contributed by atoms with Crippen molar-refractivity contribution in [2.24, 2.45) is 5.92 Å². The molecular formula is C23H19F4N7O2. The zero-order valence-corrected chi connectivity index (χ0v) is 19.1. The molecule has 36 heavy (non-hydrogen) atoms. The lowest BCUT2D eigenvalue weighted by Gasteiger charge is -2.61. The van der Waals surface area contributed by atoms with E-state index in [9.17, 15) is 22.4 Å². The van der Waals surface area contributed by atoms with Crippen molar-refractivity contribution in [3.63, 3.8) is 0 Å². The van der Waals surface area contributed by atoms with Gasteiger partial charge in [0.25, 0.3) is 0 Å². The first-order valence-corrected chi connectivity index (χ1v) is 11.1. The first-order chi connectivity index (χ1) is 17.0. The van der Waals surface area contributed by atoms with E-state index in [4.69, 9.17) is 9.68 Å². The van der Waals surface area contributed by atoms with Crippen LogP contribution in [0.2, 0.25) is 0 Å². The fraction of sp³-hybridized carbons (Fsp3) is 0.391.